The first-order valence-corrected chi connectivity index (χ1v) is 7.80. The predicted molar refractivity (Wildman–Crippen MR) is 94.9 cm³/mol. The first kappa shape index (κ1) is 14.0. The van der Waals surface area contributed by atoms with E-state index in [1.54, 1.807) is 6.33 Å². The van der Waals surface area contributed by atoms with Gasteiger partial charge in [-0.05, 0) is 30.7 Å². The molecule has 2 aromatic heterocycles. The molecule has 4 nitrogen and oxygen atoms in total. The van der Waals surface area contributed by atoms with Crippen LogP contribution in [0.3, 0.4) is 0 Å². The molecule has 2 N–H and O–H groups in total. The lowest BCUT2D eigenvalue weighted by Crippen LogP contribution is -2.02. The Morgan fingerprint density at radius 2 is 2.00 bits per heavy atom. The molecule has 0 fully saturated rings. The van der Waals surface area contributed by atoms with Gasteiger partial charge in [0.2, 0.25) is 0 Å². The number of benzene rings is 2. The van der Waals surface area contributed by atoms with Gasteiger partial charge in [-0.1, -0.05) is 41.4 Å². The topological polar surface area (TPSA) is 53.6 Å². The van der Waals surface area contributed by atoms with E-state index in [0.717, 1.165) is 38.3 Å². The molecule has 114 valence electrons. The van der Waals surface area contributed by atoms with Crippen LogP contribution in [0.1, 0.15) is 11.1 Å². The summed E-state index contributed by atoms with van der Waals surface area (Å²) in [5, 5.41) is 5.22. The maximum Gasteiger partial charge on any atom is 0.154 e. The fourth-order valence-corrected chi connectivity index (χ4v) is 2.96. The normalized spacial score (nSPS) is 11.2. The molecule has 5 heteroatoms. The molecule has 0 amide bonds. The van der Waals surface area contributed by atoms with Crippen LogP contribution in [0.4, 0.5) is 5.82 Å². The minimum absolute atomic E-state index is 0.611. The summed E-state index contributed by atoms with van der Waals surface area (Å²) in [6.45, 7) is 2.69. The van der Waals surface area contributed by atoms with Gasteiger partial charge < -0.3 is 10.3 Å². The number of aryl methyl sites for hydroxylation is 1. The van der Waals surface area contributed by atoms with Gasteiger partial charge in [-0.25, -0.2) is 9.97 Å². The molecule has 0 bridgehead atoms. The van der Waals surface area contributed by atoms with Gasteiger partial charge in [0.15, 0.2) is 5.82 Å². The zero-order valence-electron chi connectivity index (χ0n) is 12.6. The number of nitrogens with one attached hydrogen (secondary N) is 2. The molecular weight excluding hydrogens is 308 g/mol. The quantitative estimate of drug-likeness (QED) is 0.575. The molecule has 4 rings (SSSR count). The van der Waals surface area contributed by atoms with Crippen LogP contribution < -0.4 is 5.32 Å². The monoisotopic (exact) mass is 322 g/mol. The Bertz CT molecular complexity index is 1010. The molecule has 0 saturated carbocycles. The molecule has 0 spiro atoms. The highest BCUT2D eigenvalue weighted by Gasteiger charge is 2.11. The highest BCUT2D eigenvalue weighted by atomic mass is 35.5. The van der Waals surface area contributed by atoms with Crippen molar-refractivity contribution < 1.29 is 0 Å². The number of halogens is 1. The molecular formula is C18H15ClN4. The van der Waals surface area contributed by atoms with E-state index in [0.29, 0.717) is 6.54 Å². The van der Waals surface area contributed by atoms with Crippen molar-refractivity contribution in [3.8, 4) is 0 Å². The van der Waals surface area contributed by atoms with Gasteiger partial charge in [-0.15, -0.1) is 0 Å². The van der Waals surface area contributed by atoms with Gasteiger partial charge in [0.05, 0.1) is 0 Å². The third kappa shape index (κ3) is 2.51. The molecule has 2 aromatic carbocycles. The lowest BCUT2D eigenvalue weighted by molar-refractivity contribution is 1.10. The van der Waals surface area contributed by atoms with E-state index in [1.807, 2.05) is 24.3 Å². The Labute approximate surface area is 138 Å². The first-order valence-electron chi connectivity index (χ1n) is 7.43. The number of fused-ring (bicyclic) bond motifs is 3. The van der Waals surface area contributed by atoms with Gasteiger partial charge >= 0.3 is 0 Å². The lowest BCUT2D eigenvalue weighted by Gasteiger charge is -2.07. The van der Waals surface area contributed by atoms with E-state index in [1.165, 1.54) is 5.56 Å². The van der Waals surface area contributed by atoms with E-state index >= 15 is 0 Å². The summed E-state index contributed by atoms with van der Waals surface area (Å²) < 4.78 is 0. The van der Waals surface area contributed by atoms with Crippen LogP contribution in [0.5, 0.6) is 0 Å². The van der Waals surface area contributed by atoms with E-state index in [9.17, 15) is 0 Å². The van der Waals surface area contributed by atoms with E-state index in [2.05, 4.69) is 45.4 Å². The first-order chi connectivity index (χ1) is 11.2. The van der Waals surface area contributed by atoms with E-state index in [-0.39, 0.29) is 0 Å². The molecule has 0 radical (unpaired) electrons. The Hall–Kier alpha value is -2.59. The van der Waals surface area contributed by atoms with E-state index < -0.39 is 0 Å². The number of rotatable bonds is 3. The van der Waals surface area contributed by atoms with Crippen molar-refractivity contribution in [2.24, 2.45) is 0 Å². The Morgan fingerprint density at radius 3 is 2.87 bits per heavy atom. The highest BCUT2D eigenvalue weighted by molar-refractivity contribution is 6.31. The maximum absolute atomic E-state index is 6.21. The standard InChI is InChI=1S/C18H15ClN4/c1-11-6-7-15-13(8-11)16-17(23-15)18(22-10-21-16)20-9-12-4-2-3-5-14(12)19/h2-8,10,23H,9H2,1H3,(H,20,21,22). The third-order valence-corrected chi connectivity index (χ3v) is 4.31. The van der Waals surface area contributed by atoms with Crippen molar-refractivity contribution in [3.05, 3.63) is 64.9 Å². The number of hydrogen-bond acceptors (Lipinski definition) is 3. The Kier molecular flexibility index (Phi) is 3.39. The third-order valence-electron chi connectivity index (χ3n) is 3.94. The average Bonchev–Trinajstić information content (AvgIpc) is 2.93. The lowest BCUT2D eigenvalue weighted by atomic mass is 10.1. The highest BCUT2D eigenvalue weighted by Crippen LogP contribution is 2.28. The zero-order valence-corrected chi connectivity index (χ0v) is 13.4. The number of hydrogen-bond donors (Lipinski definition) is 2. The predicted octanol–water partition coefficient (Wildman–Crippen LogP) is 4.69. The number of aromatic amines is 1. The van der Waals surface area contributed by atoms with Crippen LogP contribution in [-0.2, 0) is 6.54 Å². The molecule has 0 atom stereocenters. The minimum Gasteiger partial charge on any atom is -0.364 e. The summed E-state index contributed by atoms with van der Waals surface area (Å²) in [6.07, 6.45) is 1.59. The summed E-state index contributed by atoms with van der Waals surface area (Å²) in [7, 11) is 0. The molecule has 0 aliphatic carbocycles. The molecule has 0 saturated heterocycles. The van der Waals surface area contributed by atoms with Crippen LogP contribution in [0.2, 0.25) is 5.02 Å². The molecule has 0 aliphatic heterocycles. The van der Waals surface area contributed by atoms with Crippen molar-refractivity contribution >= 4 is 39.4 Å². The molecule has 0 unspecified atom stereocenters. The number of nitrogens with zero attached hydrogens (tertiary/aromatic N) is 2. The smallest absolute Gasteiger partial charge is 0.154 e. The van der Waals surface area contributed by atoms with Gasteiger partial charge in [0.25, 0.3) is 0 Å². The summed E-state index contributed by atoms with van der Waals surface area (Å²) in [5.41, 5.74) is 5.16. The minimum atomic E-state index is 0.611. The molecule has 4 aromatic rings. The maximum atomic E-state index is 6.21. The Balaban J connectivity index is 1.75. The van der Waals surface area contributed by atoms with Crippen molar-refractivity contribution in [3.63, 3.8) is 0 Å². The fourth-order valence-electron chi connectivity index (χ4n) is 2.76. The van der Waals surface area contributed by atoms with Gasteiger partial charge in [0, 0.05) is 22.5 Å². The summed E-state index contributed by atoms with van der Waals surface area (Å²) in [6, 6.07) is 14.1. The van der Waals surface area contributed by atoms with Gasteiger partial charge in [-0.3, -0.25) is 0 Å². The fraction of sp³-hybridized carbons (Fsp3) is 0.111. The van der Waals surface area contributed by atoms with Crippen molar-refractivity contribution in [1.29, 1.82) is 0 Å². The second-order valence-electron chi connectivity index (χ2n) is 5.56. The number of aromatic nitrogens is 3. The number of H-pyrrole nitrogens is 1. The van der Waals surface area contributed by atoms with Crippen molar-refractivity contribution in [2.75, 3.05) is 5.32 Å². The number of anilines is 1. The van der Waals surface area contributed by atoms with Crippen LogP contribution >= 0.6 is 11.6 Å². The van der Waals surface area contributed by atoms with Crippen LogP contribution in [0, 0.1) is 6.92 Å². The second-order valence-corrected chi connectivity index (χ2v) is 5.97. The molecule has 2 heterocycles. The average molecular weight is 323 g/mol. The van der Waals surface area contributed by atoms with Crippen molar-refractivity contribution in [2.45, 2.75) is 13.5 Å². The van der Waals surface area contributed by atoms with Crippen LogP contribution in [0.25, 0.3) is 21.9 Å². The largest absolute Gasteiger partial charge is 0.364 e. The SMILES string of the molecule is Cc1ccc2[nH]c3c(NCc4ccccc4Cl)ncnc3c2c1. The van der Waals surface area contributed by atoms with Gasteiger partial charge in [0.1, 0.15) is 17.4 Å². The Morgan fingerprint density at radius 1 is 1.13 bits per heavy atom. The van der Waals surface area contributed by atoms with Crippen LogP contribution in [0.15, 0.2) is 48.8 Å². The summed E-state index contributed by atoms with van der Waals surface area (Å²) >= 11 is 6.21. The van der Waals surface area contributed by atoms with E-state index in [4.69, 9.17) is 11.6 Å². The summed E-state index contributed by atoms with van der Waals surface area (Å²) in [4.78, 5) is 12.2. The summed E-state index contributed by atoms with van der Waals surface area (Å²) in [5.74, 6) is 0.781. The van der Waals surface area contributed by atoms with Crippen molar-refractivity contribution in [1.82, 2.24) is 15.0 Å². The van der Waals surface area contributed by atoms with Gasteiger partial charge in [-0.2, -0.15) is 0 Å². The molecule has 0 aliphatic rings. The molecule has 23 heavy (non-hydrogen) atoms. The zero-order chi connectivity index (χ0) is 15.8. The van der Waals surface area contributed by atoms with Crippen LogP contribution in [-0.4, -0.2) is 15.0 Å². The second kappa shape index (κ2) is 5.56.